The molecule has 9 nitrogen and oxygen atoms in total. The van der Waals surface area contributed by atoms with E-state index in [2.05, 4.69) is 20.8 Å². The molecule has 0 spiro atoms. The van der Waals surface area contributed by atoms with E-state index >= 15 is 0 Å². The van der Waals surface area contributed by atoms with Crippen LogP contribution in [0, 0.1) is 17.0 Å². The summed E-state index contributed by atoms with van der Waals surface area (Å²) in [6.45, 7) is 1.65. The normalized spacial score (nSPS) is 10.2. The number of aryl methyl sites for hydroxylation is 1. The Bertz CT molecular complexity index is 682. The number of hydrogen-bond donors (Lipinski definition) is 2. The zero-order valence-corrected chi connectivity index (χ0v) is 11.4. The van der Waals surface area contributed by atoms with Gasteiger partial charge in [0.1, 0.15) is 11.3 Å². The number of para-hydroxylation sites is 1. The van der Waals surface area contributed by atoms with Gasteiger partial charge in [-0.25, -0.2) is 0 Å². The molecule has 0 aliphatic heterocycles. The number of anilines is 1. The van der Waals surface area contributed by atoms with E-state index in [0.29, 0.717) is 5.82 Å². The predicted octanol–water partition coefficient (Wildman–Crippen LogP) is 1.26. The van der Waals surface area contributed by atoms with E-state index in [-0.39, 0.29) is 29.4 Å². The van der Waals surface area contributed by atoms with Gasteiger partial charge >= 0.3 is 5.69 Å². The third-order valence-electron chi connectivity index (χ3n) is 2.70. The lowest BCUT2D eigenvalue weighted by atomic mass is 10.1. The molecule has 0 fully saturated rings. The van der Waals surface area contributed by atoms with Crippen LogP contribution in [0.3, 0.4) is 0 Å². The van der Waals surface area contributed by atoms with E-state index in [1.54, 1.807) is 20.0 Å². The molecule has 0 saturated heterocycles. The molecule has 0 saturated carbocycles. The van der Waals surface area contributed by atoms with Crippen LogP contribution in [0.5, 0.6) is 0 Å². The number of nitro groups is 1. The van der Waals surface area contributed by atoms with E-state index < -0.39 is 10.8 Å². The van der Waals surface area contributed by atoms with Crippen LogP contribution in [0.4, 0.5) is 11.4 Å². The molecule has 1 heterocycles. The minimum atomic E-state index is -0.600. The SMILES string of the molecule is CNc1cccc(C(=O)NCc2nc(C)no2)c1[N+](=O)[O-]. The van der Waals surface area contributed by atoms with Gasteiger partial charge in [0.15, 0.2) is 5.82 Å². The van der Waals surface area contributed by atoms with Crippen molar-refractivity contribution in [1.29, 1.82) is 0 Å². The molecule has 2 rings (SSSR count). The van der Waals surface area contributed by atoms with Gasteiger partial charge in [-0.15, -0.1) is 0 Å². The van der Waals surface area contributed by atoms with Gasteiger partial charge in [0.25, 0.3) is 5.91 Å². The van der Waals surface area contributed by atoms with Crippen LogP contribution in [0.1, 0.15) is 22.1 Å². The van der Waals surface area contributed by atoms with Crippen LogP contribution in [0.25, 0.3) is 0 Å². The second-order valence-corrected chi connectivity index (χ2v) is 4.13. The summed E-state index contributed by atoms with van der Waals surface area (Å²) < 4.78 is 4.85. The number of rotatable bonds is 5. The third-order valence-corrected chi connectivity index (χ3v) is 2.70. The van der Waals surface area contributed by atoms with Crippen molar-refractivity contribution >= 4 is 17.3 Å². The summed E-state index contributed by atoms with van der Waals surface area (Å²) in [6, 6.07) is 4.47. The van der Waals surface area contributed by atoms with Gasteiger partial charge in [-0.1, -0.05) is 11.2 Å². The Balaban J connectivity index is 2.20. The van der Waals surface area contributed by atoms with Crippen molar-refractivity contribution in [2.75, 3.05) is 12.4 Å². The predicted molar refractivity (Wildman–Crippen MR) is 72.8 cm³/mol. The molecule has 0 aliphatic rings. The van der Waals surface area contributed by atoms with Crippen molar-refractivity contribution in [3.05, 3.63) is 45.6 Å². The first-order valence-electron chi connectivity index (χ1n) is 6.05. The first kappa shape index (κ1) is 14.4. The monoisotopic (exact) mass is 291 g/mol. The summed E-state index contributed by atoms with van der Waals surface area (Å²) in [5, 5.41) is 19.9. The van der Waals surface area contributed by atoms with E-state index in [9.17, 15) is 14.9 Å². The molecular formula is C12H13N5O4. The average molecular weight is 291 g/mol. The number of benzene rings is 1. The Labute approximate surface area is 119 Å². The summed E-state index contributed by atoms with van der Waals surface area (Å²) in [7, 11) is 1.55. The van der Waals surface area contributed by atoms with Crippen molar-refractivity contribution in [2.45, 2.75) is 13.5 Å². The summed E-state index contributed by atoms with van der Waals surface area (Å²) in [4.78, 5) is 26.5. The molecule has 0 radical (unpaired) electrons. The highest BCUT2D eigenvalue weighted by Crippen LogP contribution is 2.28. The zero-order chi connectivity index (χ0) is 15.4. The van der Waals surface area contributed by atoms with E-state index in [4.69, 9.17) is 4.52 Å². The number of carbonyl (C=O) groups is 1. The summed E-state index contributed by atoms with van der Waals surface area (Å²) in [6.07, 6.45) is 0. The molecule has 21 heavy (non-hydrogen) atoms. The first-order chi connectivity index (χ1) is 10.0. The van der Waals surface area contributed by atoms with Gasteiger partial charge < -0.3 is 15.2 Å². The fourth-order valence-electron chi connectivity index (χ4n) is 1.79. The van der Waals surface area contributed by atoms with Crippen LogP contribution >= 0.6 is 0 Å². The lowest BCUT2D eigenvalue weighted by molar-refractivity contribution is -0.384. The number of amides is 1. The van der Waals surface area contributed by atoms with Crippen LogP contribution in [0.2, 0.25) is 0 Å². The number of nitro benzene ring substituents is 1. The second kappa shape index (κ2) is 5.99. The molecule has 0 unspecified atom stereocenters. The molecule has 0 atom stereocenters. The van der Waals surface area contributed by atoms with Crippen LogP contribution < -0.4 is 10.6 Å². The fourth-order valence-corrected chi connectivity index (χ4v) is 1.79. The van der Waals surface area contributed by atoms with Gasteiger partial charge in [0, 0.05) is 7.05 Å². The van der Waals surface area contributed by atoms with Crippen LogP contribution in [-0.2, 0) is 6.54 Å². The van der Waals surface area contributed by atoms with Gasteiger partial charge in [0.05, 0.1) is 11.5 Å². The quantitative estimate of drug-likeness (QED) is 0.627. The molecule has 1 aromatic heterocycles. The second-order valence-electron chi connectivity index (χ2n) is 4.13. The van der Waals surface area contributed by atoms with E-state index in [1.165, 1.54) is 12.1 Å². The average Bonchev–Trinajstić information content (AvgIpc) is 2.89. The minimum absolute atomic E-state index is 0.000604. The first-order valence-corrected chi connectivity index (χ1v) is 6.05. The molecular weight excluding hydrogens is 278 g/mol. The lowest BCUT2D eigenvalue weighted by Gasteiger charge is -2.07. The highest BCUT2D eigenvalue weighted by Gasteiger charge is 2.24. The number of nitrogens with one attached hydrogen (secondary N) is 2. The third kappa shape index (κ3) is 3.14. The number of aromatic nitrogens is 2. The maximum absolute atomic E-state index is 12.1. The summed E-state index contributed by atoms with van der Waals surface area (Å²) in [5.74, 6) is 0.0883. The topological polar surface area (TPSA) is 123 Å². The molecule has 2 N–H and O–H groups in total. The van der Waals surface area contributed by atoms with Crippen molar-refractivity contribution in [3.63, 3.8) is 0 Å². The smallest absolute Gasteiger partial charge is 0.305 e. The van der Waals surface area contributed by atoms with Crippen molar-refractivity contribution in [3.8, 4) is 0 Å². The summed E-state index contributed by atoms with van der Waals surface area (Å²) in [5.41, 5.74) is -0.0522. The van der Waals surface area contributed by atoms with Gasteiger partial charge in [0.2, 0.25) is 5.89 Å². The van der Waals surface area contributed by atoms with Crippen molar-refractivity contribution in [2.24, 2.45) is 0 Å². The minimum Gasteiger partial charge on any atom is -0.383 e. The molecule has 110 valence electrons. The number of hydrogen-bond acceptors (Lipinski definition) is 7. The number of carbonyl (C=O) groups excluding carboxylic acids is 1. The molecule has 0 aliphatic carbocycles. The largest absolute Gasteiger partial charge is 0.383 e. The molecule has 1 aromatic carbocycles. The summed E-state index contributed by atoms with van der Waals surface area (Å²) >= 11 is 0. The Morgan fingerprint density at radius 3 is 2.81 bits per heavy atom. The Morgan fingerprint density at radius 1 is 1.48 bits per heavy atom. The highest BCUT2D eigenvalue weighted by molar-refractivity contribution is 6.00. The maximum atomic E-state index is 12.1. The highest BCUT2D eigenvalue weighted by atomic mass is 16.6. The van der Waals surface area contributed by atoms with E-state index in [0.717, 1.165) is 0 Å². The van der Waals surface area contributed by atoms with Crippen molar-refractivity contribution in [1.82, 2.24) is 15.5 Å². The zero-order valence-electron chi connectivity index (χ0n) is 11.4. The van der Waals surface area contributed by atoms with Gasteiger partial charge in [-0.3, -0.25) is 14.9 Å². The fraction of sp³-hybridized carbons (Fsp3) is 0.250. The van der Waals surface area contributed by atoms with Crippen molar-refractivity contribution < 1.29 is 14.2 Å². The lowest BCUT2D eigenvalue weighted by Crippen LogP contribution is -2.24. The molecule has 0 bridgehead atoms. The molecule has 2 aromatic rings. The number of nitrogens with zero attached hydrogens (tertiary/aromatic N) is 3. The Morgan fingerprint density at radius 2 is 2.24 bits per heavy atom. The van der Waals surface area contributed by atoms with E-state index in [1.807, 2.05) is 0 Å². The Kier molecular flexibility index (Phi) is 4.12. The molecule has 1 amide bonds. The van der Waals surface area contributed by atoms with Crippen LogP contribution in [0.15, 0.2) is 22.7 Å². The standard InChI is InChI=1S/C12H13N5O4/c1-7-15-10(21-16-7)6-14-12(18)8-4-3-5-9(13-2)11(8)17(19)20/h3-5,13H,6H2,1-2H3,(H,14,18). The Hall–Kier alpha value is -2.97. The van der Waals surface area contributed by atoms with Gasteiger partial charge in [-0.2, -0.15) is 4.98 Å². The molecule has 9 heteroatoms. The van der Waals surface area contributed by atoms with Gasteiger partial charge in [-0.05, 0) is 19.1 Å². The van der Waals surface area contributed by atoms with Crippen LogP contribution in [-0.4, -0.2) is 28.0 Å². The maximum Gasteiger partial charge on any atom is 0.305 e.